The highest BCUT2D eigenvalue weighted by atomic mass is 35.5. The molecule has 204 valence electrons. The van der Waals surface area contributed by atoms with Crippen molar-refractivity contribution in [2.24, 2.45) is 0 Å². The van der Waals surface area contributed by atoms with Crippen LogP contribution in [0.5, 0.6) is 0 Å². The fourth-order valence-corrected chi connectivity index (χ4v) is 4.16. The largest absolute Gasteiger partial charge is 0.478 e. The number of hydrogen-bond acceptors (Lipinski definition) is 9. The molecule has 0 aliphatic rings. The van der Waals surface area contributed by atoms with Gasteiger partial charge in [-0.15, -0.1) is 0 Å². The molecule has 2 aromatic carbocycles. The lowest BCUT2D eigenvalue weighted by Gasteiger charge is -2.19. The standard InChI is InChI=1S/C27H27Cl2N5O5/c1-16-12-22(30-8-10-38-11-9-35)25(26(33-16)34-21-5-3-2-4-18(21)27(36)37)32-15-24-31-14-23(39-24)19-13-17(28)6-7-20(19)29/h2-7,12-14,32,35H,8-11,15H2,1H3,(H,36,37)(H2,30,33,34). The van der Waals surface area contributed by atoms with Gasteiger partial charge in [0.15, 0.2) is 11.6 Å². The van der Waals surface area contributed by atoms with Crippen molar-refractivity contribution < 1.29 is 24.2 Å². The quantitative estimate of drug-likeness (QED) is 0.124. The van der Waals surface area contributed by atoms with Gasteiger partial charge in [-0.2, -0.15) is 0 Å². The number of aliphatic hydroxyl groups is 1. The Labute approximate surface area is 235 Å². The lowest BCUT2D eigenvalue weighted by atomic mass is 10.1. The van der Waals surface area contributed by atoms with Crippen LogP contribution < -0.4 is 16.0 Å². The van der Waals surface area contributed by atoms with Crippen molar-refractivity contribution in [2.75, 3.05) is 42.3 Å². The van der Waals surface area contributed by atoms with E-state index >= 15 is 0 Å². The molecule has 0 aliphatic carbocycles. The maximum absolute atomic E-state index is 11.8. The Bertz CT molecular complexity index is 1450. The molecule has 12 heteroatoms. The summed E-state index contributed by atoms with van der Waals surface area (Å²) >= 11 is 12.4. The van der Waals surface area contributed by atoms with Crippen LogP contribution in [0.2, 0.25) is 10.0 Å². The maximum Gasteiger partial charge on any atom is 0.337 e. The van der Waals surface area contributed by atoms with E-state index in [2.05, 4.69) is 25.9 Å². The van der Waals surface area contributed by atoms with Gasteiger partial charge in [-0.25, -0.2) is 14.8 Å². The van der Waals surface area contributed by atoms with Crippen LogP contribution in [0, 0.1) is 6.92 Å². The van der Waals surface area contributed by atoms with Gasteiger partial charge in [0.25, 0.3) is 0 Å². The van der Waals surface area contributed by atoms with Gasteiger partial charge < -0.3 is 35.3 Å². The first-order valence-corrected chi connectivity index (χ1v) is 12.8. The van der Waals surface area contributed by atoms with Gasteiger partial charge >= 0.3 is 5.97 Å². The zero-order valence-corrected chi connectivity index (χ0v) is 22.5. The number of aromatic nitrogens is 2. The molecule has 0 saturated carbocycles. The summed E-state index contributed by atoms with van der Waals surface area (Å²) in [4.78, 5) is 20.8. The van der Waals surface area contributed by atoms with Crippen LogP contribution in [0.4, 0.5) is 22.9 Å². The lowest BCUT2D eigenvalue weighted by Crippen LogP contribution is -2.15. The first-order valence-electron chi connectivity index (χ1n) is 12.0. The van der Waals surface area contributed by atoms with Crippen LogP contribution in [-0.2, 0) is 11.3 Å². The predicted octanol–water partition coefficient (Wildman–Crippen LogP) is 5.83. The van der Waals surface area contributed by atoms with Crippen LogP contribution in [0.15, 0.2) is 59.1 Å². The molecule has 0 fully saturated rings. The lowest BCUT2D eigenvalue weighted by molar-refractivity contribution is 0.0698. The summed E-state index contributed by atoms with van der Waals surface area (Å²) in [6, 6.07) is 13.5. The summed E-state index contributed by atoms with van der Waals surface area (Å²) in [5.41, 5.74) is 3.09. The molecular weight excluding hydrogens is 545 g/mol. The van der Waals surface area contributed by atoms with E-state index in [0.717, 1.165) is 0 Å². The van der Waals surface area contributed by atoms with Gasteiger partial charge in [0.2, 0.25) is 5.89 Å². The molecule has 0 amide bonds. The van der Waals surface area contributed by atoms with Crippen molar-refractivity contribution in [3.63, 3.8) is 0 Å². The Morgan fingerprint density at radius 2 is 1.90 bits per heavy atom. The third-order valence-electron chi connectivity index (χ3n) is 5.52. The molecule has 5 N–H and O–H groups in total. The minimum absolute atomic E-state index is 0.0588. The fraction of sp³-hybridized carbons (Fsp3) is 0.222. The molecule has 4 aromatic rings. The summed E-state index contributed by atoms with van der Waals surface area (Å²) in [5, 5.41) is 29.3. The van der Waals surface area contributed by atoms with Gasteiger partial charge in [0.1, 0.15) is 5.69 Å². The number of ether oxygens (including phenoxy) is 1. The first kappa shape index (κ1) is 28.2. The number of aryl methyl sites for hydroxylation is 1. The Hall–Kier alpha value is -3.83. The number of oxazole rings is 1. The molecular formula is C27H27Cl2N5O5. The summed E-state index contributed by atoms with van der Waals surface area (Å²) in [6.07, 6.45) is 1.57. The molecule has 2 heterocycles. The van der Waals surface area contributed by atoms with E-state index in [9.17, 15) is 9.90 Å². The monoisotopic (exact) mass is 571 g/mol. The van der Waals surface area contributed by atoms with Crippen LogP contribution in [0.25, 0.3) is 11.3 Å². The minimum Gasteiger partial charge on any atom is -0.478 e. The van der Waals surface area contributed by atoms with Crippen molar-refractivity contribution in [3.05, 3.63) is 81.9 Å². The van der Waals surface area contributed by atoms with Gasteiger partial charge in [-0.3, -0.25) is 0 Å². The highest BCUT2D eigenvalue weighted by Crippen LogP contribution is 2.35. The highest BCUT2D eigenvalue weighted by molar-refractivity contribution is 6.35. The number of carboxylic acid groups (broad SMARTS) is 1. The SMILES string of the molecule is Cc1cc(NCCOCCO)c(NCc2ncc(-c3cc(Cl)ccc3Cl)o2)c(Nc2ccccc2C(=O)O)n1. The van der Waals surface area contributed by atoms with Gasteiger partial charge in [-0.05, 0) is 43.3 Å². The number of aliphatic hydroxyl groups excluding tert-OH is 1. The van der Waals surface area contributed by atoms with Crippen molar-refractivity contribution in [1.29, 1.82) is 0 Å². The molecule has 0 atom stereocenters. The number of anilines is 4. The van der Waals surface area contributed by atoms with Crippen molar-refractivity contribution in [2.45, 2.75) is 13.5 Å². The van der Waals surface area contributed by atoms with E-state index in [1.54, 1.807) is 42.6 Å². The topological polar surface area (TPSA) is 142 Å². The predicted molar refractivity (Wildman–Crippen MR) is 151 cm³/mol. The number of carbonyl (C=O) groups is 1. The molecule has 0 bridgehead atoms. The van der Waals surface area contributed by atoms with Gasteiger partial charge in [0, 0.05) is 22.8 Å². The molecule has 10 nitrogen and oxygen atoms in total. The molecule has 4 rings (SSSR count). The van der Waals surface area contributed by atoms with Crippen molar-refractivity contribution in [1.82, 2.24) is 9.97 Å². The second-order valence-electron chi connectivity index (χ2n) is 8.37. The van der Waals surface area contributed by atoms with Gasteiger partial charge in [0.05, 0.1) is 54.5 Å². The number of carboxylic acids is 1. The van der Waals surface area contributed by atoms with E-state index in [0.29, 0.717) is 69.0 Å². The maximum atomic E-state index is 11.8. The molecule has 0 radical (unpaired) electrons. The average Bonchev–Trinajstić information content (AvgIpc) is 3.38. The molecule has 0 spiro atoms. The number of nitrogens with one attached hydrogen (secondary N) is 3. The summed E-state index contributed by atoms with van der Waals surface area (Å²) in [7, 11) is 0. The Balaban J connectivity index is 1.62. The molecule has 39 heavy (non-hydrogen) atoms. The second-order valence-corrected chi connectivity index (χ2v) is 9.21. The van der Waals surface area contributed by atoms with Gasteiger partial charge in [-0.1, -0.05) is 35.3 Å². The van der Waals surface area contributed by atoms with Crippen LogP contribution in [-0.4, -0.2) is 52.5 Å². The van der Waals surface area contributed by atoms with Crippen LogP contribution in [0.3, 0.4) is 0 Å². The third-order valence-corrected chi connectivity index (χ3v) is 6.08. The number of para-hydroxylation sites is 1. The number of aromatic carboxylic acids is 1. The van der Waals surface area contributed by atoms with Crippen molar-refractivity contribution in [3.8, 4) is 11.3 Å². The number of benzene rings is 2. The molecule has 0 unspecified atom stereocenters. The minimum atomic E-state index is -1.06. The summed E-state index contributed by atoms with van der Waals surface area (Å²) < 4.78 is 11.3. The Morgan fingerprint density at radius 3 is 2.69 bits per heavy atom. The van der Waals surface area contributed by atoms with E-state index in [-0.39, 0.29) is 25.3 Å². The number of rotatable bonds is 13. The van der Waals surface area contributed by atoms with E-state index in [1.807, 2.05) is 13.0 Å². The van der Waals surface area contributed by atoms with E-state index in [4.69, 9.17) is 37.5 Å². The number of nitrogens with zero attached hydrogens (tertiary/aromatic N) is 2. The number of halogens is 2. The fourth-order valence-electron chi connectivity index (χ4n) is 3.78. The normalized spacial score (nSPS) is 10.9. The Morgan fingerprint density at radius 1 is 1.08 bits per heavy atom. The average molecular weight is 572 g/mol. The third kappa shape index (κ3) is 7.39. The van der Waals surface area contributed by atoms with E-state index < -0.39 is 5.97 Å². The second kappa shape index (κ2) is 13.3. The van der Waals surface area contributed by atoms with Crippen molar-refractivity contribution >= 4 is 52.1 Å². The van der Waals surface area contributed by atoms with E-state index in [1.165, 1.54) is 6.07 Å². The van der Waals surface area contributed by atoms with Crippen LogP contribution >= 0.6 is 23.2 Å². The van der Waals surface area contributed by atoms with Crippen LogP contribution in [0.1, 0.15) is 21.9 Å². The smallest absolute Gasteiger partial charge is 0.337 e. The highest BCUT2D eigenvalue weighted by Gasteiger charge is 2.17. The molecule has 2 aromatic heterocycles. The molecule has 0 saturated heterocycles. The number of hydrogen-bond donors (Lipinski definition) is 5. The molecule has 0 aliphatic heterocycles. The summed E-state index contributed by atoms with van der Waals surface area (Å²) in [5.74, 6) is 0.198. The number of pyridine rings is 1. The zero-order valence-electron chi connectivity index (χ0n) is 21.0. The zero-order chi connectivity index (χ0) is 27.8. The first-order chi connectivity index (χ1) is 18.9. The Kier molecular flexibility index (Phi) is 9.61. The summed E-state index contributed by atoms with van der Waals surface area (Å²) in [6.45, 7) is 3.03.